The van der Waals surface area contributed by atoms with Crippen molar-refractivity contribution in [2.75, 3.05) is 26.9 Å². The molecule has 1 saturated heterocycles. The highest BCUT2D eigenvalue weighted by molar-refractivity contribution is 4.87. The molecule has 2 N–H and O–H groups in total. The van der Waals surface area contributed by atoms with Crippen molar-refractivity contribution >= 4 is 0 Å². The summed E-state index contributed by atoms with van der Waals surface area (Å²) in [4.78, 5) is 0. The molecule has 1 aliphatic heterocycles. The van der Waals surface area contributed by atoms with Gasteiger partial charge in [0.05, 0.1) is 13.2 Å². The summed E-state index contributed by atoms with van der Waals surface area (Å²) in [6.45, 7) is 4.33. The molecule has 2 unspecified atom stereocenters. The third-order valence-electron chi connectivity index (χ3n) is 2.55. The normalized spacial score (nSPS) is 29.8. The third-order valence-corrected chi connectivity index (χ3v) is 2.55. The highest BCUT2D eigenvalue weighted by Gasteiger charge is 2.31. The molecule has 0 amide bonds. The van der Waals surface area contributed by atoms with Gasteiger partial charge in [0, 0.05) is 25.2 Å². The molecule has 0 spiro atoms. The van der Waals surface area contributed by atoms with Crippen molar-refractivity contribution in [3.8, 4) is 0 Å². The fourth-order valence-electron chi connectivity index (χ4n) is 1.69. The smallest absolute Gasteiger partial charge is 0.0643 e. The van der Waals surface area contributed by atoms with Crippen LogP contribution in [0.3, 0.4) is 0 Å². The largest absolute Gasteiger partial charge is 0.383 e. The highest BCUT2D eigenvalue weighted by atomic mass is 16.5. The second kappa shape index (κ2) is 4.21. The SMILES string of the molecule is COCC(C)(N)C1CCCOC1. The summed E-state index contributed by atoms with van der Waals surface area (Å²) in [5, 5.41) is 0. The minimum absolute atomic E-state index is 0.227. The van der Waals surface area contributed by atoms with E-state index in [2.05, 4.69) is 0 Å². The lowest BCUT2D eigenvalue weighted by atomic mass is 9.83. The Morgan fingerprint density at radius 2 is 2.42 bits per heavy atom. The summed E-state index contributed by atoms with van der Waals surface area (Å²) < 4.78 is 10.5. The predicted octanol–water partition coefficient (Wildman–Crippen LogP) is 0.777. The highest BCUT2D eigenvalue weighted by Crippen LogP contribution is 2.23. The van der Waals surface area contributed by atoms with Crippen LogP contribution < -0.4 is 5.73 Å². The van der Waals surface area contributed by atoms with E-state index in [4.69, 9.17) is 15.2 Å². The number of nitrogens with two attached hydrogens (primary N) is 1. The Bertz CT molecular complexity index is 130. The molecule has 1 rings (SSSR count). The van der Waals surface area contributed by atoms with Crippen molar-refractivity contribution in [2.45, 2.75) is 25.3 Å². The van der Waals surface area contributed by atoms with Crippen LogP contribution in [0.25, 0.3) is 0 Å². The molecule has 3 heteroatoms. The topological polar surface area (TPSA) is 44.5 Å². The van der Waals surface area contributed by atoms with Crippen molar-refractivity contribution in [3.05, 3.63) is 0 Å². The standard InChI is InChI=1S/C9H19NO2/c1-9(10,7-11-2)8-4-3-5-12-6-8/h8H,3-7,10H2,1-2H3. The lowest BCUT2D eigenvalue weighted by Gasteiger charge is -2.35. The molecule has 2 atom stereocenters. The Labute approximate surface area is 74.2 Å². The van der Waals surface area contributed by atoms with Gasteiger partial charge in [0.15, 0.2) is 0 Å². The fourth-order valence-corrected chi connectivity index (χ4v) is 1.69. The van der Waals surface area contributed by atoms with Gasteiger partial charge >= 0.3 is 0 Å². The van der Waals surface area contributed by atoms with Crippen molar-refractivity contribution in [2.24, 2.45) is 11.7 Å². The van der Waals surface area contributed by atoms with Gasteiger partial charge in [-0.15, -0.1) is 0 Å². The Morgan fingerprint density at radius 1 is 1.67 bits per heavy atom. The van der Waals surface area contributed by atoms with Gasteiger partial charge in [0.25, 0.3) is 0 Å². The van der Waals surface area contributed by atoms with Crippen LogP contribution in [0.15, 0.2) is 0 Å². The van der Waals surface area contributed by atoms with Gasteiger partial charge in [-0.3, -0.25) is 0 Å². The summed E-state index contributed by atoms with van der Waals surface area (Å²) in [5.74, 6) is 0.450. The van der Waals surface area contributed by atoms with Gasteiger partial charge in [0.2, 0.25) is 0 Å². The molecule has 0 radical (unpaired) electrons. The number of hydrogen-bond donors (Lipinski definition) is 1. The number of ether oxygens (including phenoxy) is 2. The minimum Gasteiger partial charge on any atom is -0.383 e. The molecular weight excluding hydrogens is 154 g/mol. The first kappa shape index (κ1) is 9.96. The Morgan fingerprint density at radius 3 is 2.92 bits per heavy atom. The van der Waals surface area contributed by atoms with Gasteiger partial charge in [-0.05, 0) is 19.8 Å². The van der Waals surface area contributed by atoms with Gasteiger partial charge < -0.3 is 15.2 Å². The molecule has 1 aliphatic rings. The maximum atomic E-state index is 6.10. The van der Waals surface area contributed by atoms with Crippen LogP contribution in [0.1, 0.15) is 19.8 Å². The molecule has 12 heavy (non-hydrogen) atoms. The monoisotopic (exact) mass is 173 g/mol. The maximum Gasteiger partial charge on any atom is 0.0643 e. The van der Waals surface area contributed by atoms with Crippen LogP contribution in [-0.4, -0.2) is 32.5 Å². The Balaban J connectivity index is 2.41. The van der Waals surface area contributed by atoms with E-state index in [1.807, 2.05) is 6.92 Å². The Hall–Kier alpha value is -0.120. The average molecular weight is 173 g/mol. The van der Waals surface area contributed by atoms with E-state index in [1.165, 1.54) is 0 Å². The second-order valence-corrected chi connectivity index (χ2v) is 3.85. The summed E-state index contributed by atoms with van der Waals surface area (Å²) in [7, 11) is 1.69. The number of methoxy groups -OCH3 is 1. The van der Waals surface area contributed by atoms with E-state index < -0.39 is 0 Å². The van der Waals surface area contributed by atoms with E-state index >= 15 is 0 Å². The first-order valence-electron chi connectivity index (χ1n) is 4.52. The van der Waals surface area contributed by atoms with E-state index in [9.17, 15) is 0 Å². The molecule has 0 bridgehead atoms. The van der Waals surface area contributed by atoms with Gasteiger partial charge in [0.1, 0.15) is 0 Å². The van der Waals surface area contributed by atoms with Crippen molar-refractivity contribution in [1.29, 1.82) is 0 Å². The molecule has 0 aliphatic carbocycles. The molecule has 0 aromatic carbocycles. The zero-order valence-electron chi connectivity index (χ0n) is 8.01. The lowest BCUT2D eigenvalue weighted by molar-refractivity contribution is 0.00224. The van der Waals surface area contributed by atoms with Gasteiger partial charge in [-0.1, -0.05) is 0 Å². The molecule has 0 aromatic rings. The van der Waals surface area contributed by atoms with Crippen molar-refractivity contribution in [3.63, 3.8) is 0 Å². The van der Waals surface area contributed by atoms with Crippen molar-refractivity contribution < 1.29 is 9.47 Å². The van der Waals surface area contributed by atoms with Crippen LogP contribution in [0, 0.1) is 5.92 Å². The number of rotatable bonds is 3. The summed E-state index contributed by atoms with van der Waals surface area (Å²) in [5.41, 5.74) is 5.87. The molecule has 0 saturated carbocycles. The first-order valence-corrected chi connectivity index (χ1v) is 4.52. The van der Waals surface area contributed by atoms with Crippen LogP contribution in [-0.2, 0) is 9.47 Å². The minimum atomic E-state index is -0.227. The molecular formula is C9H19NO2. The van der Waals surface area contributed by atoms with Crippen LogP contribution in [0.5, 0.6) is 0 Å². The maximum absolute atomic E-state index is 6.10. The summed E-state index contributed by atoms with van der Waals surface area (Å²) in [6.07, 6.45) is 2.29. The number of hydrogen-bond acceptors (Lipinski definition) is 3. The van der Waals surface area contributed by atoms with Gasteiger partial charge in [-0.25, -0.2) is 0 Å². The van der Waals surface area contributed by atoms with Gasteiger partial charge in [-0.2, -0.15) is 0 Å². The summed E-state index contributed by atoms with van der Waals surface area (Å²) >= 11 is 0. The van der Waals surface area contributed by atoms with E-state index in [0.717, 1.165) is 26.1 Å². The van der Waals surface area contributed by atoms with E-state index in [-0.39, 0.29) is 5.54 Å². The summed E-state index contributed by atoms with van der Waals surface area (Å²) in [6, 6.07) is 0. The Kier molecular flexibility index (Phi) is 3.50. The van der Waals surface area contributed by atoms with Crippen molar-refractivity contribution in [1.82, 2.24) is 0 Å². The third kappa shape index (κ3) is 2.44. The molecule has 72 valence electrons. The fraction of sp³-hybridized carbons (Fsp3) is 1.00. The van der Waals surface area contributed by atoms with Crippen LogP contribution in [0.4, 0.5) is 0 Å². The first-order chi connectivity index (χ1) is 5.67. The predicted molar refractivity (Wildman–Crippen MR) is 48.0 cm³/mol. The van der Waals surface area contributed by atoms with E-state index in [1.54, 1.807) is 7.11 Å². The van der Waals surface area contributed by atoms with Crippen LogP contribution in [0.2, 0.25) is 0 Å². The zero-order chi connectivity index (χ0) is 9.03. The molecule has 3 nitrogen and oxygen atoms in total. The molecule has 1 fully saturated rings. The molecule has 0 aromatic heterocycles. The van der Waals surface area contributed by atoms with Crippen LogP contribution >= 0.6 is 0 Å². The molecule has 1 heterocycles. The van der Waals surface area contributed by atoms with E-state index in [0.29, 0.717) is 12.5 Å². The average Bonchev–Trinajstić information content (AvgIpc) is 2.06. The quantitative estimate of drug-likeness (QED) is 0.686. The lowest BCUT2D eigenvalue weighted by Crippen LogP contribution is -2.51. The zero-order valence-corrected chi connectivity index (χ0v) is 8.01. The second-order valence-electron chi connectivity index (χ2n) is 3.85.